The van der Waals surface area contributed by atoms with Crippen LogP contribution in [0.5, 0.6) is 0 Å². The zero-order chi connectivity index (χ0) is 13.0. The summed E-state index contributed by atoms with van der Waals surface area (Å²) in [6.45, 7) is 2.90. The topological polar surface area (TPSA) is 12.0 Å². The van der Waals surface area contributed by atoms with Crippen molar-refractivity contribution in [1.29, 1.82) is 0 Å². The van der Waals surface area contributed by atoms with Gasteiger partial charge in [-0.3, -0.25) is 0 Å². The number of likely N-dealkylation sites (N-methyl/N-ethyl adjacent to an activating group) is 1. The number of rotatable bonds is 5. The van der Waals surface area contributed by atoms with Crippen LogP contribution in [0.1, 0.15) is 23.4 Å². The zero-order valence-electron chi connectivity index (χ0n) is 10.1. The summed E-state index contributed by atoms with van der Waals surface area (Å²) in [5, 5.41) is 5.61. The number of halogens is 2. The second-order valence-corrected chi connectivity index (χ2v) is 5.43. The Bertz CT molecular complexity index is 499. The third-order valence-electron chi connectivity index (χ3n) is 2.79. The van der Waals surface area contributed by atoms with Crippen LogP contribution < -0.4 is 5.32 Å². The lowest BCUT2D eigenvalue weighted by Crippen LogP contribution is -2.22. The number of hydrogen-bond acceptors (Lipinski definition) is 2. The van der Waals surface area contributed by atoms with E-state index in [0.717, 1.165) is 6.54 Å². The van der Waals surface area contributed by atoms with E-state index in [1.165, 1.54) is 4.88 Å². The van der Waals surface area contributed by atoms with Crippen molar-refractivity contribution in [2.75, 3.05) is 6.54 Å². The number of nitrogens with one attached hydrogen (secondary N) is 1. The molecule has 1 N–H and O–H groups in total. The van der Waals surface area contributed by atoms with Crippen LogP contribution in [0.4, 0.5) is 4.39 Å². The first kappa shape index (κ1) is 13.5. The molecular formula is C14H15ClFNS. The van der Waals surface area contributed by atoms with Gasteiger partial charge in [-0.1, -0.05) is 36.7 Å². The highest BCUT2D eigenvalue weighted by Gasteiger charge is 2.15. The molecule has 0 aliphatic heterocycles. The van der Waals surface area contributed by atoms with Gasteiger partial charge in [0.1, 0.15) is 5.82 Å². The lowest BCUT2D eigenvalue weighted by Gasteiger charge is -2.17. The summed E-state index contributed by atoms with van der Waals surface area (Å²) in [5.41, 5.74) is 0.654. The fourth-order valence-corrected chi connectivity index (χ4v) is 2.93. The maximum absolute atomic E-state index is 13.9. The lowest BCUT2D eigenvalue weighted by atomic mass is 10.0. The molecule has 0 amide bonds. The van der Waals surface area contributed by atoms with Gasteiger partial charge in [-0.25, -0.2) is 4.39 Å². The smallest absolute Gasteiger partial charge is 0.145 e. The molecule has 0 fully saturated rings. The van der Waals surface area contributed by atoms with Crippen molar-refractivity contribution in [2.24, 2.45) is 0 Å². The van der Waals surface area contributed by atoms with Gasteiger partial charge < -0.3 is 5.32 Å². The Hall–Kier alpha value is -0.900. The molecule has 0 spiro atoms. The molecule has 0 aliphatic rings. The Morgan fingerprint density at radius 2 is 2.17 bits per heavy atom. The Balaban J connectivity index is 2.21. The summed E-state index contributed by atoms with van der Waals surface area (Å²) < 4.78 is 13.9. The lowest BCUT2D eigenvalue weighted by molar-refractivity contribution is 0.534. The largest absolute Gasteiger partial charge is 0.309 e. The van der Waals surface area contributed by atoms with E-state index in [1.807, 2.05) is 11.4 Å². The third kappa shape index (κ3) is 3.10. The maximum Gasteiger partial charge on any atom is 0.145 e. The Morgan fingerprint density at radius 3 is 2.83 bits per heavy atom. The molecule has 1 nitrogen and oxygen atoms in total. The number of hydrogen-bond donors (Lipinski definition) is 1. The Morgan fingerprint density at radius 1 is 1.33 bits per heavy atom. The molecule has 0 saturated heterocycles. The van der Waals surface area contributed by atoms with E-state index in [-0.39, 0.29) is 16.9 Å². The van der Waals surface area contributed by atoms with E-state index >= 15 is 0 Å². The van der Waals surface area contributed by atoms with Gasteiger partial charge in [0, 0.05) is 10.9 Å². The van der Waals surface area contributed by atoms with Crippen LogP contribution in [0.3, 0.4) is 0 Å². The van der Waals surface area contributed by atoms with E-state index in [4.69, 9.17) is 11.6 Å². The first-order chi connectivity index (χ1) is 8.72. The number of benzene rings is 1. The van der Waals surface area contributed by atoms with Crippen LogP contribution in [0.15, 0.2) is 35.7 Å². The predicted molar refractivity (Wildman–Crippen MR) is 75.9 cm³/mol. The molecule has 0 aliphatic carbocycles. The normalized spacial score (nSPS) is 12.6. The Labute approximate surface area is 116 Å². The maximum atomic E-state index is 13.9. The molecule has 2 rings (SSSR count). The number of thiophene rings is 1. The third-order valence-corrected chi connectivity index (χ3v) is 4.07. The van der Waals surface area contributed by atoms with Crippen molar-refractivity contribution in [3.05, 3.63) is 57.0 Å². The van der Waals surface area contributed by atoms with Gasteiger partial charge in [0.15, 0.2) is 0 Å². The van der Waals surface area contributed by atoms with Crippen molar-refractivity contribution >= 4 is 22.9 Å². The average Bonchev–Trinajstić information content (AvgIpc) is 2.88. The molecule has 1 aromatic carbocycles. The summed E-state index contributed by atoms with van der Waals surface area (Å²) in [7, 11) is 0. The van der Waals surface area contributed by atoms with Gasteiger partial charge in [-0.15, -0.1) is 11.3 Å². The molecule has 1 unspecified atom stereocenters. The molecule has 4 heteroatoms. The summed E-state index contributed by atoms with van der Waals surface area (Å²) in [5.74, 6) is -0.307. The second kappa shape index (κ2) is 6.32. The van der Waals surface area contributed by atoms with Gasteiger partial charge in [-0.05, 0) is 36.0 Å². The van der Waals surface area contributed by atoms with Crippen molar-refractivity contribution in [1.82, 2.24) is 5.32 Å². The molecule has 1 atom stereocenters. The highest BCUT2D eigenvalue weighted by atomic mass is 35.5. The van der Waals surface area contributed by atoms with Gasteiger partial charge in [0.2, 0.25) is 0 Å². The first-order valence-electron chi connectivity index (χ1n) is 5.92. The zero-order valence-corrected chi connectivity index (χ0v) is 11.7. The van der Waals surface area contributed by atoms with Gasteiger partial charge in [-0.2, -0.15) is 0 Å². The fourth-order valence-electron chi connectivity index (χ4n) is 1.94. The van der Waals surface area contributed by atoms with Crippen molar-refractivity contribution in [3.8, 4) is 0 Å². The van der Waals surface area contributed by atoms with Crippen LogP contribution in [0.2, 0.25) is 5.02 Å². The molecule has 18 heavy (non-hydrogen) atoms. The average molecular weight is 284 g/mol. The van der Waals surface area contributed by atoms with E-state index in [0.29, 0.717) is 12.0 Å². The second-order valence-electron chi connectivity index (χ2n) is 4.04. The monoisotopic (exact) mass is 283 g/mol. The van der Waals surface area contributed by atoms with Gasteiger partial charge in [0.05, 0.1) is 5.02 Å². The van der Waals surface area contributed by atoms with Crippen molar-refractivity contribution < 1.29 is 4.39 Å². The van der Waals surface area contributed by atoms with E-state index < -0.39 is 0 Å². The predicted octanol–water partition coefficient (Wildman–Crippen LogP) is 4.43. The minimum absolute atomic E-state index is 0.142. The summed E-state index contributed by atoms with van der Waals surface area (Å²) in [6.07, 6.45) is 0.612. The van der Waals surface area contributed by atoms with Crippen LogP contribution in [-0.4, -0.2) is 6.54 Å². The minimum Gasteiger partial charge on any atom is -0.309 e. The van der Waals surface area contributed by atoms with Gasteiger partial charge in [0.25, 0.3) is 0 Å². The molecule has 1 heterocycles. The molecule has 1 aromatic heterocycles. The highest BCUT2D eigenvalue weighted by molar-refractivity contribution is 7.10. The molecule has 0 saturated carbocycles. The van der Waals surface area contributed by atoms with Crippen molar-refractivity contribution in [2.45, 2.75) is 19.4 Å². The first-order valence-corrected chi connectivity index (χ1v) is 7.17. The van der Waals surface area contributed by atoms with E-state index in [2.05, 4.69) is 18.3 Å². The summed E-state index contributed by atoms with van der Waals surface area (Å²) in [6, 6.07) is 9.38. The van der Waals surface area contributed by atoms with Crippen LogP contribution in [0.25, 0.3) is 0 Å². The standard InChI is InChI=1S/C14H15ClFNS/c1-2-17-12(13-7-4-8-18-13)9-10-5-3-6-11(15)14(10)16/h3-8,12,17H,2,9H2,1H3. The van der Waals surface area contributed by atoms with Crippen LogP contribution >= 0.6 is 22.9 Å². The van der Waals surface area contributed by atoms with Crippen LogP contribution in [-0.2, 0) is 6.42 Å². The highest BCUT2D eigenvalue weighted by Crippen LogP contribution is 2.26. The molecule has 0 radical (unpaired) electrons. The molecule has 0 bridgehead atoms. The summed E-state index contributed by atoms with van der Waals surface area (Å²) >= 11 is 7.49. The quantitative estimate of drug-likeness (QED) is 0.856. The molecule has 2 aromatic rings. The molecular weight excluding hydrogens is 269 g/mol. The van der Waals surface area contributed by atoms with E-state index in [9.17, 15) is 4.39 Å². The summed E-state index contributed by atoms with van der Waals surface area (Å²) in [4.78, 5) is 1.22. The SMILES string of the molecule is CCNC(Cc1cccc(Cl)c1F)c1cccs1. The fraction of sp³-hybridized carbons (Fsp3) is 0.286. The molecule has 96 valence electrons. The van der Waals surface area contributed by atoms with Gasteiger partial charge >= 0.3 is 0 Å². The Kier molecular flexibility index (Phi) is 4.75. The van der Waals surface area contributed by atoms with Crippen molar-refractivity contribution in [3.63, 3.8) is 0 Å². The minimum atomic E-state index is -0.307. The van der Waals surface area contributed by atoms with E-state index in [1.54, 1.807) is 29.5 Å². The van der Waals surface area contributed by atoms with Crippen LogP contribution in [0, 0.1) is 5.82 Å².